The van der Waals surface area contributed by atoms with E-state index in [1.54, 1.807) is 7.11 Å². The molecule has 1 saturated heterocycles. The van der Waals surface area contributed by atoms with Crippen LogP contribution in [0.1, 0.15) is 30.4 Å². The van der Waals surface area contributed by atoms with Crippen molar-refractivity contribution >= 4 is 0 Å². The molecule has 1 saturated carbocycles. The van der Waals surface area contributed by atoms with Gasteiger partial charge >= 0.3 is 0 Å². The summed E-state index contributed by atoms with van der Waals surface area (Å²) in [6.07, 6.45) is 4.14. The number of rotatable bonds is 6. The zero-order chi connectivity index (χ0) is 13.1. The molecule has 1 aromatic rings. The first-order valence-electron chi connectivity index (χ1n) is 7.39. The SMILES string of the molecule is COCc1cccc(CNC2CCN(C3CC3)C2)c1. The van der Waals surface area contributed by atoms with E-state index >= 15 is 0 Å². The molecular weight excluding hydrogens is 236 g/mol. The van der Waals surface area contributed by atoms with E-state index in [1.165, 1.54) is 43.5 Å². The highest BCUT2D eigenvalue weighted by Gasteiger charge is 2.33. The molecule has 1 heterocycles. The molecule has 104 valence electrons. The van der Waals surface area contributed by atoms with E-state index in [2.05, 4.69) is 34.5 Å². The van der Waals surface area contributed by atoms with Crippen LogP contribution in [0.2, 0.25) is 0 Å². The van der Waals surface area contributed by atoms with E-state index < -0.39 is 0 Å². The van der Waals surface area contributed by atoms with Gasteiger partial charge in [0.15, 0.2) is 0 Å². The summed E-state index contributed by atoms with van der Waals surface area (Å²) in [6.45, 7) is 4.20. The van der Waals surface area contributed by atoms with Gasteiger partial charge in [0.2, 0.25) is 0 Å². The minimum Gasteiger partial charge on any atom is -0.380 e. The van der Waals surface area contributed by atoms with Gasteiger partial charge in [-0.05, 0) is 30.4 Å². The largest absolute Gasteiger partial charge is 0.380 e. The maximum atomic E-state index is 5.18. The van der Waals surface area contributed by atoms with Crippen molar-refractivity contribution in [1.29, 1.82) is 0 Å². The summed E-state index contributed by atoms with van der Waals surface area (Å²) in [4.78, 5) is 2.65. The molecule has 1 aromatic carbocycles. The predicted octanol–water partition coefficient (Wildman–Crippen LogP) is 2.16. The zero-order valence-corrected chi connectivity index (χ0v) is 11.8. The lowest BCUT2D eigenvalue weighted by Crippen LogP contribution is -2.32. The summed E-state index contributed by atoms with van der Waals surface area (Å²) in [6, 6.07) is 10.3. The summed E-state index contributed by atoms with van der Waals surface area (Å²) in [5.74, 6) is 0. The van der Waals surface area contributed by atoms with Crippen LogP contribution in [0.3, 0.4) is 0 Å². The molecule has 19 heavy (non-hydrogen) atoms. The Bertz CT molecular complexity index is 417. The van der Waals surface area contributed by atoms with Gasteiger partial charge in [-0.1, -0.05) is 24.3 Å². The van der Waals surface area contributed by atoms with Crippen molar-refractivity contribution in [1.82, 2.24) is 10.2 Å². The topological polar surface area (TPSA) is 24.5 Å². The summed E-state index contributed by atoms with van der Waals surface area (Å²) in [5, 5.41) is 3.70. The van der Waals surface area contributed by atoms with E-state index in [0.717, 1.165) is 12.6 Å². The van der Waals surface area contributed by atoms with Gasteiger partial charge in [-0.25, -0.2) is 0 Å². The molecule has 0 aromatic heterocycles. The normalized spacial score (nSPS) is 23.9. The molecule has 2 fully saturated rings. The molecule has 0 radical (unpaired) electrons. The second-order valence-corrected chi connectivity index (χ2v) is 5.85. The Morgan fingerprint density at radius 3 is 2.89 bits per heavy atom. The fourth-order valence-electron chi connectivity index (χ4n) is 2.98. The predicted molar refractivity (Wildman–Crippen MR) is 77.0 cm³/mol. The van der Waals surface area contributed by atoms with Crippen LogP contribution >= 0.6 is 0 Å². The molecule has 1 aliphatic heterocycles. The van der Waals surface area contributed by atoms with Crippen molar-refractivity contribution in [2.45, 2.75) is 44.5 Å². The average molecular weight is 260 g/mol. The molecule has 1 atom stereocenters. The number of hydrogen-bond acceptors (Lipinski definition) is 3. The van der Waals surface area contributed by atoms with E-state index in [1.807, 2.05) is 0 Å². The van der Waals surface area contributed by atoms with Crippen molar-refractivity contribution in [3.05, 3.63) is 35.4 Å². The van der Waals surface area contributed by atoms with Crippen LogP contribution in [-0.2, 0) is 17.9 Å². The van der Waals surface area contributed by atoms with E-state index in [-0.39, 0.29) is 0 Å². The van der Waals surface area contributed by atoms with Crippen LogP contribution in [0.15, 0.2) is 24.3 Å². The van der Waals surface area contributed by atoms with Gasteiger partial charge in [0.1, 0.15) is 0 Å². The Morgan fingerprint density at radius 1 is 1.26 bits per heavy atom. The second kappa shape index (κ2) is 6.04. The molecule has 2 aliphatic rings. The van der Waals surface area contributed by atoms with Gasteiger partial charge in [-0.2, -0.15) is 0 Å². The highest BCUT2D eigenvalue weighted by molar-refractivity contribution is 5.23. The maximum absolute atomic E-state index is 5.18. The fraction of sp³-hybridized carbons (Fsp3) is 0.625. The lowest BCUT2D eigenvalue weighted by molar-refractivity contribution is 0.185. The van der Waals surface area contributed by atoms with Crippen LogP contribution in [0.4, 0.5) is 0 Å². The highest BCUT2D eigenvalue weighted by atomic mass is 16.5. The first-order chi connectivity index (χ1) is 9.35. The smallest absolute Gasteiger partial charge is 0.0713 e. The Hall–Kier alpha value is -0.900. The number of nitrogens with zero attached hydrogens (tertiary/aromatic N) is 1. The van der Waals surface area contributed by atoms with Crippen LogP contribution in [-0.4, -0.2) is 37.2 Å². The number of likely N-dealkylation sites (tertiary alicyclic amines) is 1. The van der Waals surface area contributed by atoms with Gasteiger partial charge in [0, 0.05) is 38.8 Å². The summed E-state index contributed by atoms with van der Waals surface area (Å²) < 4.78 is 5.18. The summed E-state index contributed by atoms with van der Waals surface area (Å²) >= 11 is 0. The average Bonchev–Trinajstić information content (AvgIpc) is 3.17. The second-order valence-electron chi connectivity index (χ2n) is 5.85. The van der Waals surface area contributed by atoms with Crippen molar-refractivity contribution in [2.75, 3.05) is 20.2 Å². The van der Waals surface area contributed by atoms with E-state index in [9.17, 15) is 0 Å². The molecule has 0 spiro atoms. The minimum atomic E-state index is 0.673. The Balaban J connectivity index is 1.47. The van der Waals surface area contributed by atoms with Crippen molar-refractivity contribution in [2.24, 2.45) is 0 Å². The van der Waals surface area contributed by atoms with Crippen molar-refractivity contribution < 1.29 is 4.74 Å². The fourth-order valence-corrected chi connectivity index (χ4v) is 2.98. The van der Waals surface area contributed by atoms with E-state index in [0.29, 0.717) is 12.6 Å². The third-order valence-electron chi connectivity index (χ3n) is 4.18. The zero-order valence-electron chi connectivity index (χ0n) is 11.8. The third kappa shape index (κ3) is 3.56. The Labute approximate surface area is 115 Å². The molecule has 3 heteroatoms. The third-order valence-corrected chi connectivity index (χ3v) is 4.18. The van der Waals surface area contributed by atoms with Gasteiger partial charge in [0.25, 0.3) is 0 Å². The molecule has 0 bridgehead atoms. The Morgan fingerprint density at radius 2 is 2.11 bits per heavy atom. The summed E-state index contributed by atoms with van der Waals surface area (Å²) in [5.41, 5.74) is 2.62. The van der Waals surface area contributed by atoms with Crippen LogP contribution in [0, 0.1) is 0 Å². The number of methoxy groups -OCH3 is 1. The molecule has 3 nitrogen and oxygen atoms in total. The molecule has 0 amide bonds. The number of benzene rings is 1. The van der Waals surface area contributed by atoms with Gasteiger partial charge < -0.3 is 10.1 Å². The molecule has 1 unspecified atom stereocenters. The monoisotopic (exact) mass is 260 g/mol. The quantitative estimate of drug-likeness (QED) is 0.848. The van der Waals surface area contributed by atoms with Crippen molar-refractivity contribution in [3.63, 3.8) is 0 Å². The lowest BCUT2D eigenvalue weighted by atomic mass is 10.1. The lowest BCUT2D eigenvalue weighted by Gasteiger charge is -2.16. The van der Waals surface area contributed by atoms with Gasteiger partial charge in [-0.15, -0.1) is 0 Å². The van der Waals surface area contributed by atoms with Gasteiger partial charge in [0.05, 0.1) is 6.61 Å². The highest BCUT2D eigenvalue weighted by Crippen LogP contribution is 2.29. The molecule has 1 N–H and O–H groups in total. The minimum absolute atomic E-state index is 0.673. The number of ether oxygens (including phenoxy) is 1. The standard InChI is InChI=1S/C16H24N2O/c1-19-12-14-4-2-3-13(9-14)10-17-15-7-8-18(11-15)16-5-6-16/h2-4,9,15-17H,5-8,10-12H2,1H3. The number of nitrogens with one attached hydrogen (secondary N) is 1. The molecular formula is C16H24N2O. The Kier molecular flexibility index (Phi) is 4.16. The van der Waals surface area contributed by atoms with Crippen molar-refractivity contribution in [3.8, 4) is 0 Å². The maximum Gasteiger partial charge on any atom is 0.0713 e. The van der Waals surface area contributed by atoms with Crippen LogP contribution in [0.5, 0.6) is 0 Å². The van der Waals surface area contributed by atoms with Crippen LogP contribution < -0.4 is 5.32 Å². The first-order valence-corrected chi connectivity index (χ1v) is 7.39. The summed E-state index contributed by atoms with van der Waals surface area (Å²) in [7, 11) is 1.75. The van der Waals surface area contributed by atoms with Gasteiger partial charge in [-0.3, -0.25) is 4.90 Å². The van der Waals surface area contributed by atoms with E-state index in [4.69, 9.17) is 4.74 Å². The molecule has 3 rings (SSSR count). The molecule has 1 aliphatic carbocycles. The van der Waals surface area contributed by atoms with Crippen LogP contribution in [0.25, 0.3) is 0 Å². The number of hydrogen-bond donors (Lipinski definition) is 1. The first kappa shape index (κ1) is 13.1.